The number of rotatable bonds is 3. The molecule has 0 fully saturated rings. The standard InChI is InChI=1S/C17H18BrNO2/c1-20-16-8-7-14(18)11-13(16)12-19-9-4-10-21-17-6-3-2-5-15(17)19/h2-3,5-8,11H,4,9-10,12H2,1H3. The molecular weight excluding hydrogens is 330 g/mol. The maximum atomic E-state index is 5.81. The fourth-order valence-electron chi connectivity index (χ4n) is 2.64. The second-order valence-electron chi connectivity index (χ2n) is 5.05. The van der Waals surface area contributed by atoms with Gasteiger partial charge in [-0.3, -0.25) is 0 Å². The summed E-state index contributed by atoms with van der Waals surface area (Å²) in [6.45, 7) is 2.55. The van der Waals surface area contributed by atoms with Crippen LogP contribution in [-0.4, -0.2) is 20.3 Å². The fraction of sp³-hybridized carbons (Fsp3) is 0.294. The predicted molar refractivity (Wildman–Crippen MR) is 88.3 cm³/mol. The van der Waals surface area contributed by atoms with Crippen molar-refractivity contribution in [2.45, 2.75) is 13.0 Å². The van der Waals surface area contributed by atoms with Crippen molar-refractivity contribution in [3.63, 3.8) is 0 Å². The van der Waals surface area contributed by atoms with Crippen LogP contribution in [0.1, 0.15) is 12.0 Å². The quantitative estimate of drug-likeness (QED) is 0.828. The molecule has 2 aromatic rings. The van der Waals surface area contributed by atoms with Crippen molar-refractivity contribution in [3.8, 4) is 11.5 Å². The van der Waals surface area contributed by atoms with Crippen molar-refractivity contribution in [1.82, 2.24) is 0 Å². The van der Waals surface area contributed by atoms with Crippen molar-refractivity contribution in [2.75, 3.05) is 25.2 Å². The molecule has 0 unspecified atom stereocenters. The Balaban J connectivity index is 1.93. The molecule has 3 rings (SSSR count). The second kappa shape index (κ2) is 6.39. The van der Waals surface area contributed by atoms with Crippen molar-refractivity contribution >= 4 is 21.6 Å². The van der Waals surface area contributed by atoms with E-state index in [0.717, 1.165) is 47.8 Å². The molecule has 0 aliphatic carbocycles. The number of nitrogens with zero attached hydrogens (tertiary/aromatic N) is 1. The lowest BCUT2D eigenvalue weighted by molar-refractivity contribution is 0.322. The Morgan fingerprint density at radius 3 is 2.95 bits per heavy atom. The van der Waals surface area contributed by atoms with Crippen molar-refractivity contribution in [2.24, 2.45) is 0 Å². The SMILES string of the molecule is COc1ccc(Br)cc1CN1CCCOc2ccccc21. The Labute approximate surface area is 133 Å². The molecule has 0 aromatic heterocycles. The normalized spacial score (nSPS) is 14.1. The molecule has 110 valence electrons. The maximum Gasteiger partial charge on any atom is 0.142 e. The van der Waals surface area contributed by atoms with Crippen LogP contribution in [0.4, 0.5) is 5.69 Å². The Kier molecular flexibility index (Phi) is 4.34. The minimum absolute atomic E-state index is 0.767. The summed E-state index contributed by atoms with van der Waals surface area (Å²) in [7, 11) is 1.71. The molecule has 0 N–H and O–H groups in total. The molecule has 0 saturated carbocycles. The predicted octanol–water partition coefficient (Wildman–Crippen LogP) is 4.25. The van der Waals surface area contributed by atoms with Gasteiger partial charge in [-0.2, -0.15) is 0 Å². The zero-order valence-corrected chi connectivity index (χ0v) is 13.6. The van der Waals surface area contributed by atoms with Gasteiger partial charge < -0.3 is 14.4 Å². The lowest BCUT2D eigenvalue weighted by atomic mass is 10.1. The Morgan fingerprint density at radius 1 is 1.24 bits per heavy atom. The molecule has 0 amide bonds. The summed E-state index contributed by atoms with van der Waals surface area (Å²) in [4.78, 5) is 2.35. The van der Waals surface area contributed by atoms with Gasteiger partial charge in [-0.25, -0.2) is 0 Å². The van der Waals surface area contributed by atoms with E-state index in [2.05, 4.69) is 39.0 Å². The fourth-order valence-corrected chi connectivity index (χ4v) is 3.05. The van der Waals surface area contributed by atoms with Crippen LogP contribution in [0.5, 0.6) is 11.5 Å². The van der Waals surface area contributed by atoms with Gasteiger partial charge in [-0.05, 0) is 36.8 Å². The largest absolute Gasteiger partial charge is 0.496 e. The third kappa shape index (κ3) is 3.16. The summed E-state index contributed by atoms with van der Waals surface area (Å²) in [5.74, 6) is 1.88. The van der Waals surface area contributed by atoms with Gasteiger partial charge in [0.2, 0.25) is 0 Å². The van der Waals surface area contributed by atoms with Gasteiger partial charge in [0.1, 0.15) is 11.5 Å². The maximum absolute atomic E-state index is 5.81. The van der Waals surface area contributed by atoms with E-state index in [1.165, 1.54) is 5.56 Å². The van der Waals surface area contributed by atoms with Crippen LogP contribution in [0, 0.1) is 0 Å². The molecule has 0 bridgehead atoms. The monoisotopic (exact) mass is 347 g/mol. The first-order valence-electron chi connectivity index (χ1n) is 7.07. The number of methoxy groups -OCH3 is 1. The summed E-state index contributed by atoms with van der Waals surface area (Å²) in [6, 6.07) is 14.3. The highest BCUT2D eigenvalue weighted by Crippen LogP contribution is 2.33. The highest BCUT2D eigenvalue weighted by molar-refractivity contribution is 9.10. The molecule has 1 heterocycles. The molecule has 0 saturated heterocycles. The molecule has 0 atom stereocenters. The summed E-state index contributed by atoms with van der Waals surface area (Å²) < 4.78 is 12.4. The molecular formula is C17H18BrNO2. The average molecular weight is 348 g/mol. The topological polar surface area (TPSA) is 21.7 Å². The zero-order chi connectivity index (χ0) is 14.7. The number of hydrogen-bond donors (Lipinski definition) is 0. The van der Waals surface area contributed by atoms with E-state index in [1.54, 1.807) is 7.11 Å². The third-order valence-electron chi connectivity index (χ3n) is 3.64. The van der Waals surface area contributed by atoms with Crippen molar-refractivity contribution < 1.29 is 9.47 Å². The van der Waals surface area contributed by atoms with E-state index in [0.29, 0.717) is 0 Å². The molecule has 4 heteroatoms. The van der Waals surface area contributed by atoms with Crippen molar-refractivity contribution in [1.29, 1.82) is 0 Å². The van der Waals surface area contributed by atoms with Gasteiger partial charge in [-0.1, -0.05) is 28.1 Å². The van der Waals surface area contributed by atoms with E-state index in [1.807, 2.05) is 24.3 Å². The lowest BCUT2D eigenvalue weighted by Gasteiger charge is -2.24. The second-order valence-corrected chi connectivity index (χ2v) is 5.96. The van der Waals surface area contributed by atoms with Crippen LogP contribution in [0.15, 0.2) is 46.9 Å². The summed E-state index contributed by atoms with van der Waals surface area (Å²) in [5, 5.41) is 0. The minimum Gasteiger partial charge on any atom is -0.496 e. The minimum atomic E-state index is 0.767. The van der Waals surface area contributed by atoms with Gasteiger partial charge in [0.25, 0.3) is 0 Å². The molecule has 1 aliphatic heterocycles. The Morgan fingerprint density at radius 2 is 2.10 bits per heavy atom. The lowest BCUT2D eigenvalue weighted by Crippen LogP contribution is -2.23. The van der Waals surface area contributed by atoms with Crippen LogP contribution in [0.2, 0.25) is 0 Å². The van der Waals surface area contributed by atoms with Gasteiger partial charge in [0.15, 0.2) is 0 Å². The number of benzene rings is 2. The molecule has 0 spiro atoms. The number of halogens is 1. The number of para-hydroxylation sites is 2. The Hall–Kier alpha value is -1.68. The number of fused-ring (bicyclic) bond motifs is 1. The first-order valence-corrected chi connectivity index (χ1v) is 7.86. The molecule has 1 aliphatic rings. The first-order chi connectivity index (χ1) is 10.3. The average Bonchev–Trinajstić information content (AvgIpc) is 2.70. The van der Waals surface area contributed by atoms with E-state index >= 15 is 0 Å². The summed E-state index contributed by atoms with van der Waals surface area (Å²) >= 11 is 3.54. The third-order valence-corrected chi connectivity index (χ3v) is 4.13. The zero-order valence-electron chi connectivity index (χ0n) is 12.0. The van der Waals surface area contributed by atoms with Crippen LogP contribution in [0.3, 0.4) is 0 Å². The van der Waals surface area contributed by atoms with E-state index < -0.39 is 0 Å². The number of anilines is 1. The van der Waals surface area contributed by atoms with Crippen LogP contribution >= 0.6 is 15.9 Å². The van der Waals surface area contributed by atoms with Gasteiger partial charge in [0.05, 0.1) is 19.4 Å². The Bertz CT molecular complexity index is 630. The molecule has 3 nitrogen and oxygen atoms in total. The van der Waals surface area contributed by atoms with Gasteiger partial charge in [-0.15, -0.1) is 0 Å². The van der Waals surface area contributed by atoms with Gasteiger partial charge in [0, 0.05) is 23.1 Å². The first kappa shape index (κ1) is 14.3. The highest BCUT2D eigenvalue weighted by Gasteiger charge is 2.17. The molecule has 2 aromatic carbocycles. The summed E-state index contributed by atoms with van der Waals surface area (Å²) in [5.41, 5.74) is 2.32. The van der Waals surface area contributed by atoms with E-state index in [4.69, 9.17) is 9.47 Å². The van der Waals surface area contributed by atoms with Crippen LogP contribution in [0.25, 0.3) is 0 Å². The number of hydrogen-bond acceptors (Lipinski definition) is 3. The van der Waals surface area contributed by atoms with Gasteiger partial charge >= 0.3 is 0 Å². The smallest absolute Gasteiger partial charge is 0.142 e. The molecule has 0 radical (unpaired) electrons. The summed E-state index contributed by atoms with van der Waals surface area (Å²) in [6.07, 6.45) is 1.02. The number of ether oxygens (including phenoxy) is 2. The van der Waals surface area contributed by atoms with Crippen molar-refractivity contribution in [3.05, 3.63) is 52.5 Å². The van der Waals surface area contributed by atoms with E-state index in [-0.39, 0.29) is 0 Å². The van der Waals surface area contributed by atoms with E-state index in [9.17, 15) is 0 Å². The van der Waals surface area contributed by atoms with Crippen LogP contribution < -0.4 is 14.4 Å². The molecule has 21 heavy (non-hydrogen) atoms. The highest BCUT2D eigenvalue weighted by atomic mass is 79.9. The van der Waals surface area contributed by atoms with Crippen LogP contribution in [-0.2, 0) is 6.54 Å².